The van der Waals surface area contributed by atoms with Crippen LogP contribution < -0.4 is 15.0 Å². The molecule has 5 aromatic carbocycles. The summed E-state index contributed by atoms with van der Waals surface area (Å²) in [6.07, 6.45) is 0. The minimum Gasteiger partial charge on any atom is -0.497 e. The molecule has 39 heavy (non-hydrogen) atoms. The van der Waals surface area contributed by atoms with Crippen molar-refractivity contribution in [3.05, 3.63) is 139 Å². The number of nitrogens with one attached hydrogen (secondary N) is 1. The van der Waals surface area contributed by atoms with E-state index in [-0.39, 0.29) is 0 Å². The van der Waals surface area contributed by atoms with Gasteiger partial charge in [-0.1, -0.05) is 84.9 Å². The van der Waals surface area contributed by atoms with Crippen LogP contribution in [-0.2, 0) is 6.54 Å². The summed E-state index contributed by atoms with van der Waals surface area (Å²) in [5.41, 5.74) is 6.31. The van der Waals surface area contributed by atoms with Gasteiger partial charge in [0.25, 0.3) is 0 Å². The topological polar surface area (TPSA) is 50.3 Å². The summed E-state index contributed by atoms with van der Waals surface area (Å²) in [5.74, 6) is 1.61. The fourth-order valence-electron chi connectivity index (χ4n) is 4.75. The summed E-state index contributed by atoms with van der Waals surface area (Å²) in [7, 11) is 1.67. The van der Waals surface area contributed by atoms with Crippen LogP contribution in [0.2, 0.25) is 0 Å². The Bertz CT molecular complexity index is 1630. The van der Waals surface area contributed by atoms with Crippen LogP contribution in [0.4, 0.5) is 22.9 Å². The molecule has 0 atom stereocenters. The van der Waals surface area contributed by atoms with Gasteiger partial charge in [0.1, 0.15) is 11.4 Å². The van der Waals surface area contributed by atoms with Gasteiger partial charge in [0.2, 0.25) is 0 Å². The van der Waals surface area contributed by atoms with Gasteiger partial charge < -0.3 is 15.0 Å². The van der Waals surface area contributed by atoms with Gasteiger partial charge in [-0.3, -0.25) is 0 Å². The molecule has 0 saturated carbocycles. The number of para-hydroxylation sites is 2. The Morgan fingerprint density at radius 2 is 1.15 bits per heavy atom. The van der Waals surface area contributed by atoms with Crippen molar-refractivity contribution in [1.29, 1.82) is 0 Å². The monoisotopic (exact) mass is 508 g/mol. The molecule has 6 rings (SSSR count). The van der Waals surface area contributed by atoms with Crippen molar-refractivity contribution in [2.75, 3.05) is 17.3 Å². The lowest BCUT2D eigenvalue weighted by Gasteiger charge is -2.25. The number of nitrogens with zero attached hydrogens (tertiary/aromatic N) is 3. The average Bonchev–Trinajstić information content (AvgIpc) is 3.02. The second-order valence-corrected chi connectivity index (χ2v) is 9.20. The lowest BCUT2D eigenvalue weighted by atomic mass is 10.0. The molecule has 0 fully saturated rings. The van der Waals surface area contributed by atoms with Crippen LogP contribution in [0.3, 0.4) is 0 Å². The Balaban J connectivity index is 1.31. The quantitative estimate of drug-likeness (QED) is 0.224. The molecule has 0 aliphatic heterocycles. The summed E-state index contributed by atoms with van der Waals surface area (Å²) >= 11 is 0. The number of aromatic nitrogens is 2. The van der Waals surface area contributed by atoms with Gasteiger partial charge in [-0.25, -0.2) is 0 Å². The molecular formula is C34H28N4O. The van der Waals surface area contributed by atoms with E-state index in [1.807, 2.05) is 48.5 Å². The molecule has 5 nitrogen and oxygen atoms in total. The summed E-state index contributed by atoms with van der Waals surface area (Å²) in [4.78, 5) is 2.25. The lowest BCUT2D eigenvalue weighted by Crippen LogP contribution is -2.09. The van der Waals surface area contributed by atoms with Crippen LogP contribution in [0.15, 0.2) is 133 Å². The van der Waals surface area contributed by atoms with Gasteiger partial charge in [0, 0.05) is 39.9 Å². The van der Waals surface area contributed by atoms with Crippen molar-refractivity contribution in [2.24, 2.45) is 0 Å². The van der Waals surface area contributed by atoms with E-state index in [4.69, 9.17) is 4.74 Å². The van der Waals surface area contributed by atoms with Crippen LogP contribution in [-0.4, -0.2) is 17.3 Å². The largest absolute Gasteiger partial charge is 0.497 e. The number of methoxy groups -OCH3 is 1. The van der Waals surface area contributed by atoms with E-state index in [0.717, 1.165) is 56.2 Å². The third-order valence-corrected chi connectivity index (χ3v) is 6.73. The van der Waals surface area contributed by atoms with Gasteiger partial charge >= 0.3 is 0 Å². The Morgan fingerprint density at radius 1 is 0.590 bits per heavy atom. The molecule has 1 aromatic heterocycles. The first kappa shape index (κ1) is 24.2. The number of anilines is 4. The molecule has 0 saturated heterocycles. The molecular weight excluding hydrogens is 480 g/mol. The van der Waals surface area contributed by atoms with Crippen LogP contribution in [0.25, 0.3) is 22.0 Å². The predicted octanol–water partition coefficient (Wildman–Crippen LogP) is 8.39. The number of fused-ring (bicyclic) bond motifs is 1. The predicted molar refractivity (Wildman–Crippen MR) is 160 cm³/mol. The zero-order chi connectivity index (χ0) is 26.4. The van der Waals surface area contributed by atoms with Crippen molar-refractivity contribution >= 4 is 33.7 Å². The van der Waals surface area contributed by atoms with E-state index in [9.17, 15) is 0 Å². The molecule has 5 heteroatoms. The molecule has 0 aliphatic carbocycles. The number of benzene rings is 5. The number of rotatable bonds is 8. The molecule has 190 valence electrons. The first-order valence-corrected chi connectivity index (χ1v) is 12.9. The Hall–Kier alpha value is -5.16. The molecule has 0 amide bonds. The average molecular weight is 509 g/mol. The van der Waals surface area contributed by atoms with Crippen molar-refractivity contribution in [3.8, 4) is 17.0 Å². The highest BCUT2D eigenvalue weighted by atomic mass is 16.5. The second kappa shape index (κ2) is 11.1. The van der Waals surface area contributed by atoms with Gasteiger partial charge in [0.15, 0.2) is 5.82 Å². The highest BCUT2D eigenvalue weighted by Crippen LogP contribution is 2.36. The van der Waals surface area contributed by atoms with Gasteiger partial charge in [0.05, 0.1) is 7.11 Å². The van der Waals surface area contributed by atoms with Crippen LogP contribution in [0.5, 0.6) is 5.75 Å². The summed E-state index contributed by atoms with van der Waals surface area (Å²) in [5, 5.41) is 14.8. The van der Waals surface area contributed by atoms with E-state index in [0.29, 0.717) is 6.54 Å². The summed E-state index contributed by atoms with van der Waals surface area (Å²) in [6.45, 7) is 0.644. The van der Waals surface area contributed by atoms with Crippen molar-refractivity contribution in [3.63, 3.8) is 0 Å². The smallest absolute Gasteiger partial charge is 0.156 e. The maximum atomic E-state index is 5.26. The number of ether oxygens (including phenoxy) is 1. The molecule has 0 bridgehead atoms. The Labute approximate surface area is 228 Å². The second-order valence-electron chi connectivity index (χ2n) is 9.20. The fourth-order valence-corrected chi connectivity index (χ4v) is 4.75. The van der Waals surface area contributed by atoms with Gasteiger partial charge in [-0.15, -0.1) is 10.2 Å². The third kappa shape index (κ3) is 5.15. The minimum absolute atomic E-state index is 0.644. The summed E-state index contributed by atoms with van der Waals surface area (Å²) < 4.78 is 5.26. The number of hydrogen-bond acceptors (Lipinski definition) is 5. The van der Waals surface area contributed by atoms with E-state index in [1.165, 1.54) is 0 Å². The minimum atomic E-state index is 0.644. The Morgan fingerprint density at radius 3 is 1.77 bits per heavy atom. The molecule has 6 aromatic rings. The fraction of sp³-hybridized carbons (Fsp3) is 0.0588. The molecule has 0 aliphatic rings. The van der Waals surface area contributed by atoms with E-state index >= 15 is 0 Å². The molecule has 1 N–H and O–H groups in total. The molecule has 0 unspecified atom stereocenters. The van der Waals surface area contributed by atoms with Gasteiger partial charge in [-0.05, 0) is 54.1 Å². The normalized spacial score (nSPS) is 10.8. The lowest BCUT2D eigenvalue weighted by molar-refractivity contribution is 0.414. The third-order valence-electron chi connectivity index (χ3n) is 6.73. The van der Waals surface area contributed by atoms with E-state index < -0.39 is 0 Å². The highest BCUT2D eigenvalue weighted by molar-refractivity contribution is 6.00. The molecule has 0 radical (unpaired) electrons. The SMILES string of the molecule is COc1ccc(CNc2nnc(-c3ccc(N(c4ccccc4)c4ccccc4)cc3)c3ccccc23)cc1. The maximum Gasteiger partial charge on any atom is 0.156 e. The first-order chi connectivity index (χ1) is 19.3. The standard InChI is InChI=1S/C34H28N4O/c1-39-30-22-16-25(17-23-30)24-35-34-32-15-9-8-14-31(32)33(36-37-34)26-18-20-29(21-19-26)38(27-10-4-2-5-11-27)28-12-6-3-7-13-28/h2-23H,24H2,1H3,(H,35,37). The van der Waals surface area contributed by atoms with Crippen LogP contribution in [0, 0.1) is 0 Å². The van der Waals surface area contributed by atoms with E-state index in [1.54, 1.807) is 7.11 Å². The van der Waals surface area contributed by atoms with Crippen LogP contribution >= 0.6 is 0 Å². The van der Waals surface area contributed by atoms with Crippen molar-refractivity contribution in [2.45, 2.75) is 6.54 Å². The zero-order valence-corrected chi connectivity index (χ0v) is 21.7. The van der Waals surface area contributed by atoms with Gasteiger partial charge in [-0.2, -0.15) is 0 Å². The maximum absolute atomic E-state index is 5.26. The molecule has 1 heterocycles. The number of hydrogen-bond donors (Lipinski definition) is 1. The van der Waals surface area contributed by atoms with Crippen molar-refractivity contribution in [1.82, 2.24) is 10.2 Å². The van der Waals surface area contributed by atoms with E-state index in [2.05, 4.69) is 105 Å². The van der Waals surface area contributed by atoms with Crippen LogP contribution in [0.1, 0.15) is 5.56 Å². The zero-order valence-electron chi connectivity index (χ0n) is 21.7. The highest BCUT2D eigenvalue weighted by Gasteiger charge is 2.14. The Kier molecular flexibility index (Phi) is 6.87. The molecule has 0 spiro atoms. The van der Waals surface area contributed by atoms with Crippen molar-refractivity contribution < 1.29 is 4.74 Å². The summed E-state index contributed by atoms with van der Waals surface area (Å²) in [6, 6.07) is 45.6. The first-order valence-electron chi connectivity index (χ1n) is 12.9.